The van der Waals surface area contributed by atoms with Gasteiger partial charge in [-0.1, -0.05) is 22.0 Å². The quantitative estimate of drug-likeness (QED) is 0.756. The van der Waals surface area contributed by atoms with Crippen LogP contribution in [0.15, 0.2) is 41.0 Å². The van der Waals surface area contributed by atoms with Crippen LogP contribution in [0.25, 0.3) is 10.9 Å². The van der Waals surface area contributed by atoms with Crippen LogP contribution in [0.2, 0.25) is 0 Å². The van der Waals surface area contributed by atoms with Crippen LogP contribution in [0.5, 0.6) is 0 Å². The number of rotatable bonds is 3. The second-order valence-corrected chi connectivity index (χ2v) is 7.14. The number of aromatic nitrogens is 2. The standard InChI is InChI=1S/C19H20BrN3/c1-13-2-3-14(11-22-13)7-9-23-18-5-4-15(20)10-16(18)17-12-21-8-6-19(17)23/h2-5,10-11,21H,6-9,12H2,1H3. The first-order valence-electron chi connectivity index (χ1n) is 8.14. The van der Waals surface area contributed by atoms with Crippen molar-refractivity contribution in [3.63, 3.8) is 0 Å². The zero-order chi connectivity index (χ0) is 15.8. The molecule has 4 rings (SSSR count). The third kappa shape index (κ3) is 2.81. The van der Waals surface area contributed by atoms with E-state index in [1.165, 1.54) is 27.7 Å². The number of pyridine rings is 1. The number of halogens is 1. The first-order chi connectivity index (χ1) is 11.2. The Labute approximate surface area is 144 Å². The van der Waals surface area contributed by atoms with Crippen molar-refractivity contribution in [2.24, 2.45) is 0 Å². The fraction of sp³-hybridized carbons (Fsp3) is 0.316. The lowest BCUT2D eigenvalue weighted by Crippen LogP contribution is -2.24. The van der Waals surface area contributed by atoms with E-state index in [1.807, 2.05) is 13.1 Å². The Morgan fingerprint density at radius 3 is 3.00 bits per heavy atom. The molecule has 3 nitrogen and oxygen atoms in total. The van der Waals surface area contributed by atoms with Crippen molar-refractivity contribution in [2.45, 2.75) is 32.9 Å². The number of nitrogens with zero attached hydrogens (tertiary/aromatic N) is 2. The molecule has 0 atom stereocenters. The summed E-state index contributed by atoms with van der Waals surface area (Å²) < 4.78 is 3.66. The van der Waals surface area contributed by atoms with Crippen molar-refractivity contribution in [1.82, 2.24) is 14.9 Å². The van der Waals surface area contributed by atoms with Crippen LogP contribution in [-0.2, 0) is 25.9 Å². The first-order valence-corrected chi connectivity index (χ1v) is 8.93. The van der Waals surface area contributed by atoms with E-state index in [-0.39, 0.29) is 0 Å². The Morgan fingerprint density at radius 1 is 1.26 bits per heavy atom. The summed E-state index contributed by atoms with van der Waals surface area (Å²) in [6.07, 6.45) is 4.13. The molecule has 4 heteroatoms. The van der Waals surface area contributed by atoms with Crippen molar-refractivity contribution in [3.05, 3.63) is 63.5 Å². The molecule has 0 amide bonds. The van der Waals surface area contributed by atoms with Gasteiger partial charge in [0.2, 0.25) is 0 Å². The van der Waals surface area contributed by atoms with Gasteiger partial charge in [0.1, 0.15) is 0 Å². The van der Waals surface area contributed by atoms with Gasteiger partial charge in [-0.25, -0.2) is 0 Å². The van der Waals surface area contributed by atoms with E-state index < -0.39 is 0 Å². The van der Waals surface area contributed by atoms with Gasteiger partial charge in [0.05, 0.1) is 0 Å². The molecule has 0 saturated heterocycles. The van der Waals surface area contributed by atoms with E-state index in [0.717, 1.165) is 42.6 Å². The number of nitrogens with one attached hydrogen (secondary N) is 1. The lowest BCUT2D eigenvalue weighted by Gasteiger charge is -2.17. The minimum atomic E-state index is 0.974. The highest BCUT2D eigenvalue weighted by Crippen LogP contribution is 2.31. The fourth-order valence-corrected chi connectivity index (χ4v) is 3.86. The molecular formula is C19H20BrN3. The summed E-state index contributed by atoms with van der Waals surface area (Å²) in [4.78, 5) is 4.42. The predicted molar refractivity (Wildman–Crippen MR) is 97.7 cm³/mol. The van der Waals surface area contributed by atoms with E-state index in [4.69, 9.17) is 0 Å². The van der Waals surface area contributed by atoms with Crippen LogP contribution >= 0.6 is 15.9 Å². The van der Waals surface area contributed by atoms with Gasteiger partial charge in [0.25, 0.3) is 0 Å². The monoisotopic (exact) mass is 369 g/mol. The highest BCUT2D eigenvalue weighted by Gasteiger charge is 2.19. The number of fused-ring (bicyclic) bond motifs is 3. The second-order valence-electron chi connectivity index (χ2n) is 6.22. The van der Waals surface area contributed by atoms with Gasteiger partial charge in [0, 0.05) is 59.0 Å². The van der Waals surface area contributed by atoms with Crippen molar-refractivity contribution in [2.75, 3.05) is 6.54 Å². The van der Waals surface area contributed by atoms with E-state index in [0.29, 0.717) is 0 Å². The smallest absolute Gasteiger partial charge is 0.0486 e. The van der Waals surface area contributed by atoms with Crippen molar-refractivity contribution < 1.29 is 0 Å². The van der Waals surface area contributed by atoms with E-state index >= 15 is 0 Å². The summed E-state index contributed by atoms with van der Waals surface area (Å²) >= 11 is 3.61. The van der Waals surface area contributed by atoms with Crippen LogP contribution in [0.3, 0.4) is 0 Å². The van der Waals surface area contributed by atoms with E-state index in [1.54, 1.807) is 0 Å². The van der Waals surface area contributed by atoms with Crippen LogP contribution in [0.1, 0.15) is 22.5 Å². The number of hydrogen-bond acceptors (Lipinski definition) is 2. The Bertz CT molecular complexity index is 849. The van der Waals surface area contributed by atoms with E-state index in [2.05, 4.69) is 61.1 Å². The van der Waals surface area contributed by atoms with Gasteiger partial charge in [-0.2, -0.15) is 0 Å². The molecular weight excluding hydrogens is 350 g/mol. The number of benzene rings is 1. The summed E-state index contributed by atoms with van der Waals surface area (Å²) in [5, 5.41) is 4.89. The average Bonchev–Trinajstić information content (AvgIpc) is 2.88. The summed E-state index contributed by atoms with van der Waals surface area (Å²) in [5.74, 6) is 0. The van der Waals surface area contributed by atoms with Gasteiger partial charge in [-0.3, -0.25) is 4.98 Å². The normalized spacial score (nSPS) is 14.2. The van der Waals surface area contributed by atoms with Crippen molar-refractivity contribution in [3.8, 4) is 0 Å². The van der Waals surface area contributed by atoms with Crippen LogP contribution in [-0.4, -0.2) is 16.1 Å². The summed E-state index contributed by atoms with van der Waals surface area (Å²) in [6, 6.07) is 10.9. The molecule has 1 N–H and O–H groups in total. The van der Waals surface area contributed by atoms with Crippen molar-refractivity contribution in [1.29, 1.82) is 0 Å². The first kappa shape index (κ1) is 14.9. The highest BCUT2D eigenvalue weighted by molar-refractivity contribution is 9.10. The SMILES string of the molecule is Cc1ccc(CCn2c3c(c4cc(Br)ccc42)CNCC3)cn1. The van der Waals surface area contributed by atoms with Gasteiger partial charge in [0.15, 0.2) is 0 Å². The third-order valence-electron chi connectivity index (χ3n) is 4.69. The molecule has 0 saturated carbocycles. The minimum absolute atomic E-state index is 0.974. The van der Waals surface area contributed by atoms with E-state index in [9.17, 15) is 0 Å². The molecule has 0 bridgehead atoms. The molecule has 23 heavy (non-hydrogen) atoms. The number of aryl methyl sites for hydroxylation is 3. The topological polar surface area (TPSA) is 29.9 Å². The van der Waals surface area contributed by atoms with Crippen LogP contribution < -0.4 is 5.32 Å². The maximum Gasteiger partial charge on any atom is 0.0486 e. The zero-order valence-corrected chi connectivity index (χ0v) is 14.9. The summed E-state index contributed by atoms with van der Waals surface area (Å²) in [5.41, 5.74) is 6.69. The Hall–Kier alpha value is -1.65. The fourth-order valence-electron chi connectivity index (χ4n) is 3.50. The molecule has 1 aromatic carbocycles. The molecule has 2 aromatic heterocycles. The van der Waals surface area contributed by atoms with Gasteiger partial charge in [-0.15, -0.1) is 0 Å². The predicted octanol–water partition coefficient (Wildman–Crippen LogP) is 4.00. The lowest BCUT2D eigenvalue weighted by atomic mass is 10.1. The Balaban J connectivity index is 1.72. The average molecular weight is 370 g/mol. The largest absolute Gasteiger partial charge is 0.344 e. The zero-order valence-electron chi connectivity index (χ0n) is 13.3. The van der Waals surface area contributed by atoms with Gasteiger partial charge >= 0.3 is 0 Å². The summed E-state index contributed by atoms with van der Waals surface area (Å²) in [6.45, 7) is 5.08. The Kier molecular flexibility index (Phi) is 3.95. The molecule has 118 valence electrons. The lowest BCUT2D eigenvalue weighted by molar-refractivity contribution is 0.594. The molecule has 3 heterocycles. The number of hydrogen-bond donors (Lipinski definition) is 1. The molecule has 0 unspecified atom stereocenters. The highest BCUT2D eigenvalue weighted by atomic mass is 79.9. The maximum atomic E-state index is 4.42. The third-order valence-corrected chi connectivity index (χ3v) is 5.18. The molecule has 0 aliphatic carbocycles. The minimum Gasteiger partial charge on any atom is -0.344 e. The van der Waals surface area contributed by atoms with Crippen LogP contribution in [0.4, 0.5) is 0 Å². The van der Waals surface area contributed by atoms with Gasteiger partial charge in [-0.05, 0) is 48.7 Å². The molecule has 0 radical (unpaired) electrons. The summed E-state index contributed by atoms with van der Waals surface area (Å²) in [7, 11) is 0. The van der Waals surface area contributed by atoms with Crippen molar-refractivity contribution >= 4 is 26.8 Å². The molecule has 3 aromatic rings. The second kappa shape index (κ2) is 6.10. The molecule has 1 aliphatic rings. The Morgan fingerprint density at radius 2 is 2.17 bits per heavy atom. The molecule has 0 spiro atoms. The maximum absolute atomic E-state index is 4.42. The molecule has 1 aliphatic heterocycles. The molecule has 0 fully saturated rings. The van der Waals surface area contributed by atoms with Crippen LogP contribution in [0, 0.1) is 6.92 Å². The van der Waals surface area contributed by atoms with Gasteiger partial charge < -0.3 is 9.88 Å².